The van der Waals surface area contributed by atoms with Gasteiger partial charge < -0.3 is 14.8 Å². The molecule has 2 aromatic carbocycles. The normalized spacial score (nSPS) is 17.2. The average molecular weight is 412 g/mol. The summed E-state index contributed by atoms with van der Waals surface area (Å²) < 4.78 is 11.8. The number of hydrogen-bond acceptors (Lipinski definition) is 6. The van der Waals surface area contributed by atoms with Gasteiger partial charge in [0.15, 0.2) is 0 Å². The first-order valence-corrected chi connectivity index (χ1v) is 10.6. The minimum absolute atomic E-state index is 0.0542. The van der Waals surface area contributed by atoms with E-state index in [4.69, 9.17) is 14.5 Å². The lowest BCUT2D eigenvalue weighted by Crippen LogP contribution is -2.39. The lowest BCUT2D eigenvalue weighted by molar-refractivity contribution is -0.117. The molecule has 2 heterocycles. The summed E-state index contributed by atoms with van der Waals surface area (Å²) in [6.07, 6.45) is 2.18. The molecule has 1 fully saturated rings. The Morgan fingerprint density at radius 3 is 2.90 bits per heavy atom. The molecule has 29 heavy (non-hydrogen) atoms. The van der Waals surface area contributed by atoms with E-state index in [1.807, 2.05) is 12.1 Å². The minimum atomic E-state index is -0.0542. The van der Waals surface area contributed by atoms with Crippen LogP contribution in [0, 0.1) is 0 Å². The summed E-state index contributed by atoms with van der Waals surface area (Å²) in [7, 11) is 3.19. The Hall–Kier alpha value is -2.64. The number of aromatic nitrogens is 1. The maximum absolute atomic E-state index is 12.7. The van der Waals surface area contributed by atoms with Gasteiger partial charge in [-0.2, -0.15) is 0 Å². The first-order valence-electron chi connectivity index (χ1n) is 9.76. The van der Waals surface area contributed by atoms with E-state index in [9.17, 15) is 4.79 Å². The summed E-state index contributed by atoms with van der Waals surface area (Å²) >= 11 is 1.77. The van der Waals surface area contributed by atoms with Crippen LogP contribution in [0.25, 0.3) is 10.2 Å². The van der Waals surface area contributed by atoms with Gasteiger partial charge in [-0.15, -0.1) is 11.3 Å². The molecule has 3 aromatic rings. The van der Waals surface area contributed by atoms with Crippen LogP contribution < -0.4 is 14.8 Å². The lowest BCUT2D eigenvalue weighted by Gasteiger charge is -2.31. The van der Waals surface area contributed by atoms with Gasteiger partial charge in [0.25, 0.3) is 0 Å². The highest BCUT2D eigenvalue weighted by Crippen LogP contribution is 2.33. The lowest BCUT2D eigenvalue weighted by atomic mass is 9.99. The number of amides is 1. The van der Waals surface area contributed by atoms with Crippen molar-refractivity contribution in [1.29, 1.82) is 0 Å². The van der Waals surface area contributed by atoms with Crippen LogP contribution in [-0.2, 0) is 4.79 Å². The fraction of sp³-hybridized carbons (Fsp3) is 0.364. The second-order valence-electron chi connectivity index (χ2n) is 7.21. The molecule has 1 aliphatic heterocycles. The van der Waals surface area contributed by atoms with Gasteiger partial charge in [0.05, 0.1) is 41.7 Å². The van der Waals surface area contributed by atoms with E-state index in [2.05, 4.69) is 28.4 Å². The number of ether oxygens (including phenoxy) is 2. The number of carbonyl (C=O) groups excluding carboxylic acids is 1. The number of nitrogens with one attached hydrogen (secondary N) is 1. The largest absolute Gasteiger partial charge is 0.497 e. The maximum Gasteiger partial charge on any atom is 0.238 e. The molecule has 6 nitrogen and oxygen atoms in total. The highest BCUT2D eigenvalue weighted by Gasteiger charge is 2.25. The fourth-order valence-electron chi connectivity index (χ4n) is 3.77. The van der Waals surface area contributed by atoms with Gasteiger partial charge in [0.2, 0.25) is 5.91 Å². The molecule has 0 spiro atoms. The Balaban J connectivity index is 1.41. The third-order valence-electron chi connectivity index (χ3n) is 5.21. The smallest absolute Gasteiger partial charge is 0.238 e. The van der Waals surface area contributed by atoms with Crippen LogP contribution in [0.5, 0.6) is 11.5 Å². The Labute approximate surface area is 174 Å². The number of fused-ring (bicyclic) bond motifs is 1. The molecule has 0 aliphatic carbocycles. The van der Waals surface area contributed by atoms with Gasteiger partial charge in [0, 0.05) is 18.5 Å². The number of nitrogens with zero attached hydrogens (tertiary/aromatic N) is 2. The number of benzene rings is 2. The molecule has 0 radical (unpaired) electrons. The van der Waals surface area contributed by atoms with E-state index in [0.717, 1.165) is 31.4 Å². The second-order valence-corrected chi connectivity index (χ2v) is 8.27. The molecule has 4 rings (SSSR count). The van der Waals surface area contributed by atoms with Gasteiger partial charge in [0.1, 0.15) is 11.5 Å². The Kier molecular flexibility index (Phi) is 5.97. The van der Waals surface area contributed by atoms with Crippen molar-refractivity contribution in [2.45, 2.75) is 18.8 Å². The number of piperidine rings is 1. The number of methoxy groups -OCH3 is 2. The molecule has 1 atom stereocenters. The number of anilines is 1. The molecule has 0 saturated carbocycles. The summed E-state index contributed by atoms with van der Waals surface area (Å²) in [5.74, 6) is 1.61. The van der Waals surface area contributed by atoms with Crippen LogP contribution in [-0.4, -0.2) is 49.6 Å². The van der Waals surface area contributed by atoms with Crippen LogP contribution in [0.15, 0.2) is 42.5 Å². The van der Waals surface area contributed by atoms with Gasteiger partial charge >= 0.3 is 0 Å². The highest BCUT2D eigenvalue weighted by atomic mass is 32.1. The number of hydrogen-bond donors (Lipinski definition) is 1. The quantitative estimate of drug-likeness (QED) is 0.661. The summed E-state index contributed by atoms with van der Waals surface area (Å²) in [5.41, 5.74) is 1.68. The number of rotatable bonds is 6. The van der Waals surface area contributed by atoms with Crippen molar-refractivity contribution >= 4 is 33.1 Å². The van der Waals surface area contributed by atoms with E-state index in [1.54, 1.807) is 37.7 Å². The Bertz CT molecular complexity index is 971. The highest BCUT2D eigenvalue weighted by molar-refractivity contribution is 7.18. The number of para-hydroxylation sites is 1. The molecular formula is C22H25N3O3S. The van der Waals surface area contributed by atoms with E-state index in [0.29, 0.717) is 29.6 Å². The van der Waals surface area contributed by atoms with E-state index < -0.39 is 0 Å². The molecular weight excluding hydrogens is 386 g/mol. The fourth-order valence-corrected chi connectivity index (χ4v) is 4.86. The summed E-state index contributed by atoms with van der Waals surface area (Å²) in [4.78, 5) is 19.7. The SMILES string of the molecule is COc1ccc(OC)c(NC(=O)CN2CCC[C@@H](c3nc4ccccc4s3)C2)c1. The minimum Gasteiger partial charge on any atom is -0.497 e. The van der Waals surface area contributed by atoms with Crippen LogP contribution in [0.1, 0.15) is 23.8 Å². The Morgan fingerprint density at radius 1 is 1.24 bits per heavy atom. The van der Waals surface area contributed by atoms with Crippen molar-refractivity contribution in [3.63, 3.8) is 0 Å². The maximum atomic E-state index is 12.7. The van der Waals surface area contributed by atoms with Gasteiger partial charge in [-0.3, -0.25) is 9.69 Å². The zero-order chi connectivity index (χ0) is 20.2. The molecule has 1 saturated heterocycles. The predicted molar refractivity (Wildman–Crippen MR) is 116 cm³/mol. The molecule has 152 valence electrons. The number of likely N-dealkylation sites (tertiary alicyclic amines) is 1. The van der Waals surface area contributed by atoms with E-state index in [1.165, 1.54) is 9.71 Å². The molecule has 1 aliphatic rings. The molecule has 1 aromatic heterocycles. The first-order chi connectivity index (χ1) is 14.2. The predicted octanol–water partition coefficient (Wildman–Crippen LogP) is 4.13. The number of carbonyl (C=O) groups is 1. The van der Waals surface area contributed by atoms with Gasteiger partial charge in [-0.05, 0) is 43.7 Å². The van der Waals surface area contributed by atoms with Crippen molar-refractivity contribution in [2.24, 2.45) is 0 Å². The van der Waals surface area contributed by atoms with Gasteiger partial charge in [-0.25, -0.2) is 4.98 Å². The number of thiazole rings is 1. The second kappa shape index (κ2) is 8.80. The van der Waals surface area contributed by atoms with Crippen LogP contribution in [0.3, 0.4) is 0 Å². The van der Waals surface area contributed by atoms with Crippen molar-refractivity contribution in [3.8, 4) is 11.5 Å². The summed E-state index contributed by atoms with van der Waals surface area (Å²) in [6, 6.07) is 13.6. The molecule has 0 unspecified atom stereocenters. The van der Waals surface area contributed by atoms with Crippen LogP contribution in [0.4, 0.5) is 5.69 Å². The third kappa shape index (κ3) is 4.52. The average Bonchev–Trinajstić information content (AvgIpc) is 3.18. The molecule has 1 amide bonds. The molecule has 1 N–H and O–H groups in total. The van der Waals surface area contributed by atoms with Crippen molar-refractivity contribution < 1.29 is 14.3 Å². The van der Waals surface area contributed by atoms with Crippen molar-refractivity contribution in [2.75, 3.05) is 39.2 Å². The topological polar surface area (TPSA) is 63.7 Å². The summed E-state index contributed by atoms with van der Waals surface area (Å²) in [5, 5.41) is 4.13. The Morgan fingerprint density at radius 2 is 2.10 bits per heavy atom. The van der Waals surface area contributed by atoms with Crippen LogP contribution in [0.2, 0.25) is 0 Å². The molecule has 0 bridgehead atoms. The zero-order valence-corrected chi connectivity index (χ0v) is 17.5. The first kappa shape index (κ1) is 19.7. The summed E-state index contributed by atoms with van der Waals surface area (Å²) in [6.45, 7) is 2.12. The van der Waals surface area contributed by atoms with Crippen LogP contribution >= 0.6 is 11.3 Å². The van der Waals surface area contributed by atoms with Crippen molar-refractivity contribution in [3.05, 3.63) is 47.5 Å². The van der Waals surface area contributed by atoms with Crippen molar-refractivity contribution in [1.82, 2.24) is 9.88 Å². The van der Waals surface area contributed by atoms with E-state index in [-0.39, 0.29) is 5.91 Å². The zero-order valence-electron chi connectivity index (χ0n) is 16.7. The molecule has 7 heteroatoms. The standard InChI is InChI=1S/C22H25N3O3S/c1-27-16-9-10-19(28-2)18(12-16)23-21(26)14-25-11-5-6-15(13-25)22-24-17-7-3-4-8-20(17)29-22/h3-4,7-10,12,15H,5-6,11,13-14H2,1-2H3,(H,23,26)/t15-/m1/s1. The van der Waals surface area contributed by atoms with E-state index >= 15 is 0 Å². The third-order valence-corrected chi connectivity index (χ3v) is 6.41. The monoisotopic (exact) mass is 411 g/mol. The van der Waals surface area contributed by atoms with Gasteiger partial charge in [-0.1, -0.05) is 12.1 Å².